The molecule has 1 aromatic carbocycles. The van der Waals surface area contributed by atoms with Gasteiger partial charge in [-0.3, -0.25) is 10.1 Å². The lowest BCUT2D eigenvalue weighted by Crippen LogP contribution is -2.19. The molecule has 0 spiro atoms. The minimum absolute atomic E-state index is 0.207. The van der Waals surface area contributed by atoms with Gasteiger partial charge in [-0.1, -0.05) is 17.3 Å². The summed E-state index contributed by atoms with van der Waals surface area (Å²) in [6, 6.07) is 8.12. The van der Waals surface area contributed by atoms with Crippen molar-refractivity contribution in [2.45, 2.75) is 20.3 Å². The highest BCUT2D eigenvalue weighted by atomic mass is 16.5. The van der Waals surface area contributed by atoms with Gasteiger partial charge in [0, 0.05) is 11.8 Å². The molecule has 2 rings (SSSR count). The number of urea groups is 1. The van der Waals surface area contributed by atoms with Crippen LogP contribution in [-0.2, 0) is 16.0 Å². The minimum atomic E-state index is -0.425. The van der Waals surface area contributed by atoms with Gasteiger partial charge in [-0.05, 0) is 31.5 Å². The number of amides is 2. The lowest BCUT2D eigenvalue weighted by atomic mass is 10.1. The first kappa shape index (κ1) is 15.6. The van der Waals surface area contributed by atoms with E-state index >= 15 is 0 Å². The molecular formula is C15H17N3O4. The fourth-order valence-electron chi connectivity index (χ4n) is 1.79. The van der Waals surface area contributed by atoms with Crippen LogP contribution in [0.4, 0.5) is 16.3 Å². The number of anilines is 2. The fraction of sp³-hybridized carbons (Fsp3) is 0.267. The summed E-state index contributed by atoms with van der Waals surface area (Å²) in [5, 5.41) is 8.87. The lowest BCUT2D eigenvalue weighted by molar-refractivity contribution is -0.142. The Balaban J connectivity index is 1.87. The molecule has 0 unspecified atom stereocenters. The summed E-state index contributed by atoms with van der Waals surface area (Å²) in [7, 11) is 0. The van der Waals surface area contributed by atoms with Crippen molar-refractivity contribution in [3.8, 4) is 0 Å². The molecule has 0 aliphatic carbocycles. The largest absolute Gasteiger partial charge is 0.466 e. The maximum absolute atomic E-state index is 11.8. The maximum atomic E-state index is 11.8. The minimum Gasteiger partial charge on any atom is -0.466 e. The van der Waals surface area contributed by atoms with E-state index in [1.807, 2.05) is 0 Å². The standard InChI is InChI=1S/C15H17N3O4/c1-3-21-14(19)9-11-4-6-12(7-5-11)16-15(20)17-13-8-10(2)22-18-13/h4-8H,3,9H2,1-2H3,(H2,16,17,18,20). The first-order valence-corrected chi connectivity index (χ1v) is 6.82. The number of benzene rings is 1. The van der Waals surface area contributed by atoms with Gasteiger partial charge in [-0.25, -0.2) is 4.79 Å². The van der Waals surface area contributed by atoms with Crippen molar-refractivity contribution in [2.75, 3.05) is 17.2 Å². The number of ether oxygens (including phenoxy) is 1. The molecular weight excluding hydrogens is 286 g/mol. The molecule has 2 amide bonds. The van der Waals surface area contributed by atoms with Crippen LogP contribution in [-0.4, -0.2) is 23.8 Å². The van der Waals surface area contributed by atoms with E-state index in [1.54, 1.807) is 44.2 Å². The normalized spacial score (nSPS) is 10.1. The van der Waals surface area contributed by atoms with Gasteiger partial charge in [-0.2, -0.15) is 0 Å². The molecule has 2 aromatic rings. The Hall–Kier alpha value is -2.83. The third-order valence-corrected chi connectivity index (χ3v) is 2.74. The molecule has 0 saturated heterocycles. The average Bonchev–Trinajstić information content (AvgIpc) is 2.86. The van der Waals surface area contributed by atoms with Crippen LogP contribution >= 0.6 is 0 Å². The fourth-order valence-corrected chi connectivity index (χ4v) is 1.79. The zero-order valence-corrected chi connectivity index (χ0v) is 12.4. The van der Waals surface area contributed by atoms with Crippen LogP contribution in [0.1, 0.15) is 18.2 Å². The van der Waals surface area contributed by atoms with Crippen molar-refractivity contribution in [3.05, 3.63) is 41.7 Å². The van der Waals surface area contributed by atoms with E-state index in [9.17, 15) is 9.59 Å². The SMILES string of the molecule is CCOC(=O)Cc1ccc(NC(=O)Nc2cc(C)on2)cc1. The molecule has 0 fully saturated rings. The van der Waals surface area contributed by atoms with Crippen molar-refractivity contribution in [3.63, 3.8) is 0 Å². The van der Waals surface area contributed by atoms with E-state index in [1.165, 1.54) is 0 Å². The van der Waals surface area contributed by atoms with Crippen LogP contribution < -0.4 is 10.6 Å². The number of nitrogens with zero attached hydrogens (tertiary/aromatic N) is 1. The summed E-state index contributed by atoms with van der Waals surface area (Å²) in [6.45, 7) is 3.86. The van der Waals surface area contributed by atoms with Crippen LogP contribution in [0.15, 0.2) is 34.9 Å². The Bertz CT molecular complexity index is 649. The van der Waals surface area contributed by atoms with Gasteiger partial charge in [0.1, 0.15) is 5.76 Å². The molecule has 0 atom stereocenters. The summed E-state index contributed by atoms with van der Waals surface area (Å²) in [5.41, 5.74) is 1.42. The van der Waals surface area contributed by atoms with Crippen molar-refractivity contribution in [1.29, 1.82) is 0 Å². The second-order valence-corrected chi connectivity index (χ2v) is 4.58. The van der Waals surface area contributed by atoms with E-state index in [-0.39, 0.29) is 12.4 Å². The lowest BCUT2D eigenvalue weighted by Gasteiger charge is -2.06. The molecule has 7 heteroatoms. The summed E-state index contributed by atoms with van der Waals surface area (Å²) >= 11 is 0. The number of aromatic nitrogens is 1. The molecule has 116 valence electrons. The summed E-state index contributed by atoms with van der Waals surface area (Å²) in [5.74, 6) is 0.676. The molecule has 0 bridgehead atoms. The molecule has 1 heterocycles. The van der Waals surface area contributed by atoms with E-state index in [4.69, 9.17) is 9.26 Å². The molecule has 22 heavy (non-hydrogen) atoms. The highest BCUT2D eigenvalue weighted by Gasteiger charge is 2.07. The van der Waals surface area contributed by atoms with Gasteiger partial charge in [-0.15, -0.1) is 0 Å². The number of carbonyl (C=O) groups is 2. The monoisotopic (exact) mass is 303 g/mol. The second-order valence-electron chi connectivity index (χ2n) is 4.58. The summed E-state index contributed by atoms with van der Waals surface area (Å²) in [6.07, 6.45) is 0.207. The van der Waals surface area contributed by atoms with Gasteiger partial charge >= 0.3 is 12.0 Å². The van der Waals surface area contributed by atoms with Crippen molar-refractivity contribution < 1.29 is 18.8 Å². The molecule has 0 saturated carbocycles. The van der Waals surface area contributed by atoms with E-state index in [2.05, 4.69) is 15.8 Å². The molecule has 0 aliphatic rings. The summed E-state index contributed by atoms with van der Waals surface area (Å²) in [4.78, 5) is 23.1. The molecule has 2 N–H and O–H groups in total. The third kappa shape index (κ3) is 4.62. The molecule has 0 aliphatic heterocycles. The smallest absolute Gasteiger partial charge is 0.324 e. The first-order valence-electron chi connectivity index (χ1n) is 6.82. The Labute approximate surface area is 127 Å². The molecule has 1 aromatic heterocycles. The van der Waals surface area contributed by atoms with Gasteiger partial charge in [0.05, 0.1) is 13.0 Å². The zero-order chi connectivity index (χ0) is 15.9. The second kappa shape index (κ2) is 7.26. The summed E-state index contributed by atoms with van der Waals surface area (Å²) < 4.78 is 9.73. The van der Waals surface area contributed by atoms with E-state index in [0.29, 0.717) is 23.9 Å². The van der Waals surface area contributed by atoms with Gasteiger partial charge in [0.15, 0.2) is 5.82 Å². The zero-order valence-electron chi connectivity index (χ0n) is 12.4. The number of aryl methyl sites for hydroxylation is 1. The van der Waals surface area contributed by atoms with Crippen LogP contribution in [0, 0.1) is 6.92 Å². The quantitative estimate of drug-likeness (QED) is 0.828. The third-order valence-electron chi connectivity index (χ3n) is 2.74. The molecule has 0 radical (unpaired) electrons. The molecule has 7 nitrogen and oxygen atoms in total. The van der Waals surface area contributed by atoms with Crippen LogP contribution in [0.2, 0.25) is 0 Å². The number of hydrogen-bond donors (Lipinski definition) is 2. The number of carbonyl (C=O) groups excluding carboxylic acids is 2. The Morgan fingerprint density at radius 1 is 1.23 bits per heavy atom. The van der Waals surface area contributed by atoms with Crippen molar-refractivity contribution in [2.24, 2.45) is 0 Å². The predicted octanol–water partition coefficient (Wildman–Crippen LogP) is 2.73. The number of rotatable bonds is 5. The number of hydrogen-bond acceptors (Lipinski definition) is 5. The van der Waals surface area contributed by atoms with Crippen LogP contribution in [0.5, 0.6) is 0 Å². The highest BCUT2D eigenvalue weighted by Crippen LogP contribution is 2.12. The predicted molar refractivity (Wildman–Crippen MR) is 80.7 cm³/mol. The van der Waals surface area contributed by atoms with Crippen LogP contribution in [0.25, 0.3) is 0 Å². The van der Waals surface area contributed by atoms with Crippen molar-refractivity contribution in [1.82, 2.24) is 5.16 Å². The van der Waals surface area contributed by atoms with E-state index in [0.717, 1.165) is 5.56 Å². The van der Waals surface area contributed by atoms with Gasteiger partial charge < -0.3 is 14.6 Å². The van der Waals surface area contributed by atoms with Crippen molar-refractivity contribution >= 4 is 23.5 Å². The number of esters is 1. The van der Waals surface area contributed by atoms with E-state index < -0.39 is 6.03 Å². The maximum Gasteiger partial charge on any atom is 0.324 e. The van der Waals surface area contributed by atoms with Gasteiger partial charge in [0.2, 0.25) is 0 Å². The number of nitrogens with one attached hydrogen (secondary N) is 2. The Morgan fingerprint density at radius 2 is 1.95 bits per heavy atom. The average molecular weight is 303 g/mol. The first-order chi connectivity index (χ1) is 10.6. The highest BCUT2D eigenvalue weighted by molar-refractivity contribution is 5.99. The van der Waals surface area contributed by atoms with Gasteiger partial charge in [0.25, 0.3) is 0 Å². The Kier molecular flexibility index (Phi) is 5.13. The Morgan fingerprint density at radius 3 is 2.55 bits per heavy atom. The topological polar surface area (TPSA) is 93.5 Å². The van der Waals surface area contributed by atoms with Crippen LogP contribution in [0.3, 0.4) is 0 Å².